The summed E-state index contributed by atoms with van der Waals surface area (Å²) in [6.07, 6.45) is -0.811. The van der Waals surface area contributed by atoms with Crippen LogP contribution in [0.1, 0.15) is 12.5 Å². The van der Waals surface area contributed by atoms with Crippen molar-refractivity contribution in [2.45, 2.75) is 24.8 Å². The van der Waals surface area contributed by atoms with Gasteiger partial charge in [-0.1, -0.05) is 35.9 Å². The molecule has 2 rings (SSSR count). The number of aryl methyl sites for hydroxylation is 1. The molecule has 0 aromatic heterocycles. The van der Waals surface area contributed by atoms with Crippen molar-refractivity contribution in [2.75, 3.05) is 12.4 Å². The molecule has 2 aromatic rings. The standard InChI is InChI=1S/C18H20O5S/c1-14-8-10-17(11-9-14)24(20,21)13-12-22-18(19)15(2)23-16-6-4-3-5-7-16/h3-11,15H,12-13H2,1-2H3. The van der Waals surface area contributed by atoms with Gasteiger partial charge in [0.1, 0.15) is 12.4 Å². The molecule has 5 nitrogen and oxygen atoms in total. The lowest BCUT2D eigenvalue weighted by Crippen LogP contribution is -2.28. The van der Waals surface area contributed by atoms with Crippen LogP contribution in [0.4, 0.5) is 0 Å². The molecule has 0 amide bonds. The number of carbonyl (C=O) groups is 1. The molecule has 0 radical (unpaired) electrons. The van der Waals surface area contributed by atoms with Crippen LogP contribution in [0.2, 0.25) is 0 Å². The highest BCUT2D eigenvalue weighted by Crippen LogP contribution is 2.13. The average Bonchev–Trinajstić information content (AvgIpc) is 2.56. The van der Waals surface area contributed by atoms with Crippen LogP contribution < -0.4 is 4.74 Å². The van der Waals surface area contributed by atoms with E-state index in [1.807, 2.05) is 13.0 Å². The molecule has 0 spiro atoms. The van der Waals surface area contributed by atoms with Gasteiger partial charge >= 0.3 is 5.97 Å². The summed E-state index contributed by atoms with van der Waals surface area (Å²) in [4.78, 5) is 12.1. The second-order valence-corrected chi connectivity index (χ2v) is 7.48. The summed E-state index contributed by atoms with van der Waals surface area (Å²) >= 11 is 0. The van der Waals surface area contributed by atoms with Crippen molar-refractivity contribution < 1.29 is 22.7 Å². The van der Waals surface area contributed by atoms with Crippen molar-refractivity contribution in [3.05, 3.63) is 60.2 Å². The van der Waals surface area contributed by atoms with E-state index in [-0.39, 0.29) is 17.3 Å². The number of sulfone groups is 1. The molecule has 0 fully saturated rings. The first kappa shape index (κ1) is 18.0. The van der Waals surface area contributed by atoms with Gasteiger partial charge in [0, 0.05) is 0 Å². The van der Waals surface area contributed by atoms with Gasteiger partial charge in [-0.15, -0.1) is 0 Å². The highest BCUT2D eigenvalue weighted by Gasteiger charge is 2.19. The number of carbonyl (C=O) groups excluding carboxylic acids is 1. The number of hydrogen-bond donors (Lipinski definition) is 0. The van der Waals surface area contributed by atoms with Crippen molar-refractivity contribution >= 4 is 15.8 Å². The third-order valence-electron chi connectivity index (χ3n) is 3.36. The number of benzene rings is 2. The topological polar surface area (TPSA) is 69.7 Å². The van der Waals surface area contributed by atoms with Crippen LogP contribution in [-0.4, -0.2) is 32.9 Å². The Hall–Kier alpha value is -2.34. The number of esters is 1. The maximum Gasteiger partial charge on any atom is 0.347 e. The first-order chi connectivity index (χ1) is 11.4. The Balaban J connectivity index is 1.84. The van der Waals surface area contributed by atoms with Gasteiger partial charge in [0.2, 0.25) is 0 Å². The fourth-order valence-electron chi connectivity index (χ4n) is 1.98. The zero-order chi connectivity index (χ0) is 17.6. The van der Waals surface area contributed by atoms with Crippen molar-refractivity contribution in [1.82, 2.24) is 0 Å². The first-order valence-electron chi connectivity index (χ1n) is 7.56. The molecule has 0 bridgehead atoms. The number of ether oxygens (including phenoxy) is 2. The Labute approximate surface area is 142 Å². The highest BCUT2D eigenvalue weighted by molar-refractivity contribution is 7.91. The van der Waals surface area contributed by atoms with Crippen LogP contribution in [0, 0.1) is 6.92 Å². The van der Waals surface area contributed by atoms with E-state index in [4.69, 9.17) is 9.47 Å². The van der Waals surface area contributed by atoms with E-state index in [1.165, 1.54) is 0 Å². The largest absolute Gasteiger partial charge is 0.479 e. The Kier molecular flexibility index (Phi) is 5.98. The molecule has 0 aliphatic carbocycles. The molecule has 0 aliphatic heterocycles. The van der Waals surface area contributed by atoms with Gasteiger partial charge in [-0.2, -0.15) is 0 Å². The number of para-hydroxylation sites is 1. The lowest BCUT2D eigenvalue weighted by molar-refractivity contribution is -0.150. The lowest BCUT2D eigenvalue weighted by atomic mass is 10.2. The molecule has 0 saturated heterocycles. The summed E-state index contributed by atoms with van der Waals surface area (Å²) < 4.78 is 34.8. The minimum Gasteiger partial charge on any atom is -0.479 e. The maximum atomic E-state index is 12.2. The minimum atomic E-state index is -3.48. The summed E-state index contributed by atoms with van der Waals surface area (Å²) in [5.74, 6) is -0.313. The molecule has 24 heavy (non-hydrogen) atoms. The quantitative estimate of drug-likeness (QED) is 0.720. The maximum absolute atomic E-state index is 12.2. The van der Waals surface area contributed by atoms with E-state index in [1.54, 1.807) is 55.5 Å². The Morgan fingerprint density at radius 3 is 2.29 bits per heavy atom. The molecule has 1 atom stereocenters. The fourth-order valence-corrected chi connectivity index (χ4v) is 3.07. The van der Waals surface area contributed by atoms with Gasteiger partial charge in [-0.25, -0.2) is 13.2 Å². The smallest absolute Gasteiger partial charge is 0.347 e. The Morgan fingerprint density at radius 2 is 1.67 bits per heavy atom. The highest BCUT2D eigenvalue weighted by atomic mass is 32.2. The average molecular weight is 348 g/mol. The van der Waals surface area contributed by atoms with Crippen molar-refractivity contribution in [2.24, 2.45) is 0 Å². The van der Waals surface area contributed by atoms with Crippen LogP contribution >= 0.6 is 0 Å². The van der Waals surface area contributed by atoms with E-state index in [2.05, 4.69) is 0 Å². The van der Waals surface area contributed by atoms with Crippen molar-refractivity contribution in [3.8, 4) is 5.75 Å². The van der Waals surface area contributed by atoms with Crippen LogP contribution in [0.3, 0.4) is 0 Å². The Bertz CT molecular complexity index is 767. The fraction of sp³-hybridized carbons (Fsp3) is 0.278. The molecular formula is C18H20O5S. The van der Waals surface area contributed by atoms with E-state index in [0.29, 0.717) is 5.75 Å². The van der Waals surface area contributed by atoms with E-state index in [0.717, 1.165) is 5.56 Å². The number of rotatable bonds is 7. The number of hydrogen-bond acceptors (Lipinski definition) is 5. The molecule has 0 saturated carbocycles. The molecule has 128 valence electrons. The third-order valence-corrected chi connectivity index (χ3v) is 5.06. The van der Waals surface area contributed by atoms with Gasteiger partial charge in [0.15, 0.2) is 15.9 Å². The first-order valence-corrected chi connectivity index (χ1v) is 9.21. The van der Waals surface area contributed by atoms with Crippen LogP contribution in [0.5, 0.6) is 5.75 Å². The Morgan fingerprint density at radius 1 is 1.04 bits per heavy atom. The van der Waals surface area contributed by atoms with Gasteiger partial charge < -0.3 is 9.47 Å². The molecule has 6 heteroatoms. The third kappa shape index (κ3) is 5.09. The van der Waals surface area contributed by atoms with Crippen LogP contribution in [0.15, 0.2) is 59.5 Å². The second-order valence-electron chi connectivity index (χ2n) is 5.37. The summed E-state index contributed by atoms with van der Waals surface area (Å²) in [6.45, 7) is 3.23. The van der Waals surface area contributed by atoms with Crippen molar-refractivity contribution in [1.29, 1.82) is 0 Å². The zero-order valence-corrected chi connectivity index (χ0v) is 14.5. The minimum absolute atomic E-state index is 0.211. The predicted molar refractivity (Wildman–Crippen MR) is 90.7 cm³/mol. The molecule has 0 N–H and O–H groups in total. The SMILES string of the molecule is Cc1ccc(S(=O)(=O)CCOC(=O)C(C)Oc2ccccc2)cc1. The molecule has 2 aromatic carbocycles. The van der Waals surface area contributed by atoms with Gasteiger partial charge in [0.05, 0.1) is 10.6 Å². The summed E-state index contributed by atoms with van der Waals surface area (Å²) in [7, 11) is -3.48. The summed E-state index contributed by atoms with van der Waals surface area (Å²) in [5, 5.41) is 0. The zero-order valence-electron chi connectivity index (χ0n) is 13.6. The molecule has 1 unspecified atom stereocenters. The summed E-state index contributed by atoms with van der Waals surface area (Å²) in [6, 6.07) is 15.4. The van der Waals surface area contributed by atoms with E-state index in [9.17, 15) is 13.2 Å². The van der Waals surface area contributed by atoms with Crippen LogP contribution in [0.25, 0.3) is 0 Å². The van der Waals surface area contributed by atoms with Gasteiger partial charge in [-0.05, 0) is 38.1 Å². The van der Waals surface area contributed by atoms with Gasteiger partial charge in [0.25, 0.3) is 0 Å². The normalized spacial score (nSPS) is 12.4. The molecular weight excluding hydrogens is 328 g/mol. The monoisotopic (exact) mass is 348 g/mol. The molecule has 0 aliphatic rings. The summed E-state index contributed by atoms with van der Waals surface area (Å²) in [5.41, 5.74) is 0.979. The van der Waals surface area contributed by atoms with E-state index < -0.39 is 21.9 Å². The lowest BCUT2D eigenvalue weighted by Gasteiger charge is -2.14. The van der Waals surface area contributed by atoms with Crippen molar-refractivity contribution in [3.63, 3.8) is 0 Å². The second kappa shape index (κ2) is 7.97. The molecule has 0 heterocycles. The van der Waals surface area contributed by atoms with Crippen LogP contribution in [-0.2, 0) is 19.4 Å². The van der Waals surface area contributed by atoms with E-state index >= 15 is 0 Å². The predicted octanol–water partition coefficient (Wildman–Crippen LogP) is 2.78. The van der Waals surface area contributed by atoms with Gasteiger partial charge in [-0.3, -0.25) is 0 Å².